The maximum absolute atomic E-state index is 6.06. The van der Waals surface area contributed by atoms with E-state index >= 15 is 0 Å². The highest BCUT2D eigenvalue weighted by Gasteiger charge is 2.39. The highest BCUT2D eigenvalue weighted by atomic mass is 28.4. The van der Waals surface area contributed by atoms with Crippen molar-refractivity contribution in [2.75, 3.05) is 59.2 Å². The summed E-state index contributed by atoms with van der Waals surface area (Å²) in [5, 5.41) is 0. The molecule has 2 heterocycles. The molecule has 200 valence electrons. The number of unbranched alkanes of at least 4 members (excludes halogenated alkanes) is 1. The molecule has 0 spiro atoms. The molecular weight excluding hydrogens is 460 g/mol. The Bertz CT molecular complexity index is 686. The minimum Gasteiger partial charge on any atom is -0.374 e. The van der Waals surface area contributed by atoms with Gasteiger partial charge >= 0.3 is 8.80 Å². The number of epoxide rings is 2. The lowest BCUT2D eigenvalue weighted by atomic mass is 10.1. The molecule has 35 heavy (non-hydrogen) atoms. The Morgan fingerprint density at radius 2 is 1.31 bits per heavy atom. The summed E-state index contributed by atoms with van der Waals surface area (Å²) in [6, 6.07) is 9.97. The normalized spacial score (nSPS) is 19.6. The number of hydrogen-bond acceptors (Lipinski definition) is 7. The lowest BCUT2D eigenvalue weighted by Crippen LogP contribution is -2.46. The third kappa shape index (κ3) is 11.0. The van der Waals surface area contributed by atoms with Crippen LogP contribution in [0.3, 0.4) is 0 Å². The number of rotatable bonds is 21. The summed E-state index contributed by atoms with van der Waals surface area (Å²) in [5.41, 5.74) is 2.75. The van der Waals surface area contributed by atoms with Crippen LogP contribution >= 0.6 is 0 Å². The summed E-state index contributed by atoms with van der Waals surface area (Å²) >= 11 is 0. The molecule has 2 aliphatic heterocycles. The number of benzene rings is 1. The van der Waals surface area contributed by atoms with Crippen molar-refractivity contribution in [1.82, 2.24) is 9.80 Å². The van der Waals surface area contributed by atoms with Crippen LogP contribution in [0.2, 0.25) is 6.04 Å². The van der Waals surface area contributed by atoms with E-state index in [1.54, 1.807) is 0 Å². The van der Waals surface area contributed by atoms with Crippen LogP contribution in [-0.2, 0) is 35.8 Å². The first kappa shape index (κ1) is 28.7. The van der Waals surface area contributed by atoms with Crippen molar-refractivity contribution < 1.29 is 22.8 Å². The van der Waals surface area contributed by atoms with Gasteiger partial charge in [-0.2, -0.15) is 0 Å². The molecule has 0 radical (unpaired) electrons. The molecule has 2 aliphatic rings. The van der Waals surface area contributed by atoms with Gasteiger partial charge in [0.2, 0.25) is 0 Å². The molecule has 0 aromatic heterocycles. The van der Waals surface area contributed by atoms with E-state index < -0.39 is 8.80 Å². The maximum Gasteiger partial charge on any atom is 0.500 e. The molecule has 1 aromatic rings. The van der Waals surface area contributed by atoms with Crippen LogP contribution in [0.4, 0.5) is 0 Å². The SMILES string of the molecule is CCCCN(CCC[Si](OCC)(OCC)OCC)Cc1cccc(CN(CC2CO2)CC2CO2)c1. The average molecular weight is 509 g/mol. The van der Waals surface area contributed by atoms with Gasteiger partial charge in [0.25, 0.3) is 0 Å². The zero-order valence-corrected chi connectivity index (χ0v) is 23.5. The van der Waals surface area contributed by atoms with Gasteiger partial charge < -0.3 is 22.8 Å². The van der Waals surface area contributed by atoms with Gasteiger partial charge in [-0.25, -0.2) is 0 Å². The van der Waals surface area contributed by atoms with Gasteiger partial charge in [-0.15, -0.1) is 0 Å². The second-order valence-electron chi connectivity index (χ2n) is 9.64. The molecule has 2 unspecified atom stereocenters. The Morgan fingerprint density at radius 1 is 0.800 bits per heavy atom. The molecule has 7 nitrogen and oxygen atoms in total. The van der Waals surface area contributed by atoms with Crippen molar-refractivity contribution in [2.24, 2.45) is 0 Å². The first-order valence-electron chi connectivity index (χ1n) is 13.8. The van der Waals surface area contributed by atoms with Crippen LogP contribution in [0, 0.1) is 0 Å². The number of ether oxygens (including phenoxy) is 2. The Morgan fingerprint density at radius 3 is 1.80 bits per heavy atom. The summed E-state index contributed by atoms with van der Waals surface area (Å²) in [6.45, 7) is 18.1. The van der Waals surface area contributed by atoms with Crippen LogP contribution in [0.15, 0.2) is 24.3 Å². The van der Waals surface area contributed by atoms with Crippen molar-refractivity contribution >= 4 is 8.80 Å². The fourth-order valence-corrected chi connectivity index (χ4v) is 7.23. The van der Waals surface area contributed by atoms with E-state index in [2.05, 4.69) is 41.0 Å². The molecule has 0 amide bonds. The van der Waals surface area contributed by atoms with E-state index in [1.165, 1.54) is 24.0 Å². The summed E-state index contributed by atoms with van der Waals surface area (Å²) in [7, 11) is -2.58. The van der Waals surface area contributed by atoms with E-state index in [0.717, 1.165) is 64.9 Å². The maximum atomic E-state index is 6.06. The standard InChI is InChI=1S/C27H48N2O5Si/c1-5-9-14-28(15-11-16-35(32-6-2,33-7-3)34-8-4)18-24-12-10-13-25(17-24)19-29(20-26-22-30-26)21-27-23-31-27/h10,12-13,17,26-27H,5-9,11,14-16,18-23H2,1-4H3. The van der Waals surface area contributed by atoms with Crippen molar-refractivity contribution in [3.05, 3.63) is 35.4 Å². The van der Waals surface area contributed by atoms with Crippen LogP contribution in [0.1, 0.15) is 58.1 Å². The minimum absolute atomic E-state index is 0.405. The predicted molar refractivity (Wildman–Crippen MR) is 141 cm³/mol. The predicted octanol–water partition coefficient (Wildman–Crippen LogP) is 4.33. The molecular formula is C27H48N2O5Si. The molecule has 2 saturated heterocycles. The van der Waals surface area contributed by atoms with Gasteiger partial charge in [0.05, 0.1) is 25.4 Å². The Hall–Kier alpha value is -0.843. The molecule has 2 atom stereocenters. The van der Waals surface area contributed by atoms with Crippen molar-refractivity contribution in [1.29, 1.82) is 0 Å². The van der Waals surface area contributed by atoms with Crippen LogP contribution in [-0.4, -0.2) is 90.0 Å². The van der Waals surface area contributed by atoms with Crippen molar-refractivity contribution in [3.8, 4) is 0 Å². The lowest BCUT2D eigenvalue weighted by molar-refractivity contribution is 0.0698. The van der Waals surface area contributed by atoms with Crippen molar-refractivity contribution in [3.63, 3.8) is 0 Å². The molecule has 1 aromatic carbocycles. The third-order valence-corrected chi connectivity index (χ3v) is 9.56. The summed E-state index contributed by atoms with van der Waals surface area (Å²) in [4.78, 5) is 5.07. The average Bonchev–Trinajstić information content (AvgIpc) is 3.76. The van der Waals surface area contributed by atoms with Gasteiger partial charge in [-0.3, -0.25) is 9.80 Å². The molecule has 2 fully saturated rings. The second kappa shape index (κ2) is 15.4. The first-order chi connectivity index (χ1) is 17.1. The zero-order chi connectivity index (χ0) is 24.9. The number of hydrogen-bond donors (Lipinski definition) is 0. The topological polar surface area (TPSA) is 59.2 Å². The highest BCUT2D eigenvalue weighted by Crippen LogP contribution is 2.21. The largest absolute Gasteiger partial charge is 0.500 e. The van der Waals surface area contributed by atoms with E-state index in [-0.39, 0.29) is 0 Å². The zero-order valence-electron chi connectivity index (χ0n) is 22.5. The van der Waals surface area contributed by atoms with E-state index in [9.17, 15) is 0 Å². The first-order valence-corrected chi connectivity index (χ1v) is 15.7. The highest BCUT2D eigenvalue weighted by molar-refractivity contribution is 6.60. The van der Waals surface area contributed by atoms with Gasteiger partial charge in [0.15, 0.2) is 0 Å². The quantitative estimate of drug-likeness (QED) is 0.181. The molecule has 0 saturated carbocycles. The fourth-order valence-electron chi connectivity index (χ4n) is 4.64. The number of nitrogens with zero attached hydrogens (tertiary/aromatic N) is 2. The van der Waals surface area contributed by atoms with Crippen molar-refractivity contribution in [2.45, 2.75) is 78.3 Å². The summed E-state index contributed by atoms with van der Waals surface area (Å²) < 4.78 is 29.2. The molecule has 0 bridgehead atoms. The van der Waals surface area contributed by atoms with E-state index in [4.69, 9.17) is 22.8 Å². The molecule has 8 heteroatoms. The van der Waals surface area contributed by atoms with Gasteiger partial charge in [-0.05, 0) is 57.8 Å². The van der Waals surface area contributed by atoms with Crippen LogP contribution < -0.4 is 0 Å². The molecule has 0 N–H and O–H groups in total. The van der Waals surface area contributed by atoms with Gasteiger partial charge in [-0.1, -0.05) is 37.6 Å². The van der Waals surface area contributed by atoms with Crippen LogP contribution in [0.5, 0.6) is 0 Å². The summed E-state index contributed by atoms with van der Waals surface area (Å²) in [6.07, 6.45) is 4.24. The third-order valence-electron chi connectivity index (χ3n) is 6.41. The van der Waals surface area contributed by atoms with Gasteiger partial charge in [0.1, 0.15) is 0 Å². The van der Waals surface area contributed by atoms with Gasteiger partial charge in [0, 0.05) is 52.0 Å². The second-order valence-corrected chi connectivity index (χ2v) is 12.4. The smallest absolute Gasteiger partial charge is 0.374 e. The van der Waals surface area contributed by atoms with Crippen LogP contribution in [0.25, 0.3) is 0 Å². The van der Waals surface area contributed by atoms with E-state index in [0.29, 0.717) is 32.0 Å². The van der Waals surface area contributed by atoms with E-state index in [1.807, 2.05) is 20.8 Å². The molecule has 0 aliphatic carbocycles. The monoisotopic (exact) mass is 508 g/mol. The minimum atomic E-state index is -2.58. The fraction of sp³-hybridized carbons (Fsp3) is 0.778. The Balaban J connectivity index is 1.56. The molecule has 3 rings (SSSR count). The summed E-state index contributed by atoms with van der Waals surface area (Å²) in [5.74, 6) is 0. The lowest BCUT2D eigenvalue weighted by Gasteiger charge is -2.30. The Kier molecular flexibility index (Phi) is 12.7. The Labute approximate surface area is 214 Å².